The van der Waals surface area contributed by atoms with Gasteiger partial charge in [0.15, 0.2) is 5.95 Å². The topological polar surface area (TPSA) is 3.24 Å². The highest BCUT2D eigenvalue weighted by atomic mass is 19.4. The molecule has 0 amide bonds. The van der Waals surface area contributed by atoms with E-state index in [1.54, 1.807) is 0 Å². The largest absolute Gasteiger partial charge is 0.453 e. The lowest BCUT2D eigenvalue weighted by Gasteiger charge is -2.26. The quantitative estimate of drug-likeness (QED) is 0.526. The van der Waals surface area contributed by atoms with Crippen LogP contribution in [0.3, 0.4) is 0 Å². The predicted octanol–water partition coefficient (Wildman–Crippen LogP) is 4.66. The van der Waals surface area contributed by atoms with Gasteiger partial charge in [-0.3, -0.25) is 0 Å². The molecule has 0 radical (unpaired) electrons. The Bertz CT molecular complexity index is 349. The Morgan fingerprint density at radius 2 is 1.25 bits per heavy atom. The maximum absolute atomic E-state index is 13.5. The predicted molar refractivity (Wildman–Crippen MR) is 52.7 cm³/mol. The summed E-state index contributed by atoms with van der Waals surface area (Å²) in [5, 5.41) is 0. The third-order valence-corrected chi connectivity index (χ3v) is 2.45. The Morgan fingerprint density at radius 1 is 0.850 bits per heavy atom. The summed E-state index contributed by atoms with van der Waals surface area (Å²) in [7, 11) is 0. The summed E-state index contributed by atoms with van der Waals surface area (Å²) < 4.78 is 112. The SMILES string of the molecule is CCN(CC)/C(F)=C(/CC(F)(F)C(F)(F)F)C(F)(F)F. The Labute approximate surface area is 109 Å². The first-order valence-electron chi connectivity index (χ1n) is 5.43. The van der Waals surface area contributed by atoms with Gasteiger partial charge in [-0.15, -0.1) is 0 Å². The van der Waals surface area contributed by atoms with Crippen LogP contribution in [0.1, 0.15) is 20.3 Å². The number of hydrogen-bond acceptors (Lipinski definition) is 1. The van der Waals surface area contributed by atoms with Gasteiger partial charge in [0.05, 0.1) is 12.0 Å². The lowest BCUT2D eigenvalue weighted by Crippen LogP contribution is -2.39. The highest BCUT2D eigenvalue weighted by Crippen LogP contribution is 2.44. The van der Waals surface area contributed by atoms with Crippen LogP contribution in [0.25, 0.3) is 0 Å². The van der Waals surface area contributed by atoms with Crippen molar-refractivity contribution in [2.75, 3.05) is 13.1 Å². The number of rotatable bonds is 5. The van der Waals surface area contributed by atoms with Crippen molar-refractivity contribution in [2.24, 2.45) is 0 Å². The molecule has 1 nitrogen and oxygen atoms in total. The average molecular weight is 317 g/mol. The summed E-state index contributed by atoms with van der Waals surface area (Å²) in [6, 6.07) is 0. The van der Waals surface area contributed by atoms with Crippen molar-refractivity contribution < 1.29 is 39.5 Å². The molecule has 0 saturated carbocycles. The minimum absolute atomic E-state index is 0.306. The zero-order valence-corrected chi connectivity index (χ0v) is 10.5. The van der Waals surface area contributed by atoms with Crippen LogP contribution >= 0.6 is 0 Å². The fourth-order valence-electron chi connectivity index (χ4n) is 1.30. The van der Waals surface area contributed by atoms with Crippen molar-refractivity contribution in [1.82, 2.24) is 4.90 Å². The van der Waals surface area contributed by atoms with E-state index >= 15 is 0 Å². The molecule has 0 spiro atoms. The van der Waals surface area contributed by atoms with Crippen molar-refractivity contribution in [3.05, 3.63) is 11.5 Å². The van der Waals surface area contributed by atoms with E-state index in [0.29, 0.717) is 4.90 Å². The van der Waals surface area contributed by atoms with Crippen molar-refractivity contribution in [2.45, 2.75) is 38.5 Å². The van der Waals surface area contributed by atoms with Crippen LogP contribution in [0.15, 0.2) is 11.5 Å². The van der Waals surface area contributed by atoms with Gasteiger partial charge in [-0.25, -0.2) is 0 Å². The average Bonchev–Trinajstić information content (AvgIpc) is 2.24. The summed E-state index contributed by atoms with van der Waals surface area (Å²) in [5.74, 6) is -7.78. The van der Waals surface area contributed by atoms with Gasteiger partial charge >= 0.3 is 18.3 Å². The third kappa shape index (κ3) is 4.48. The summed E-state index contributed by atoms with van der Waals surface area (Å²) in [5.41, 5.74) is -2.52. The zero-order chi connectivity index (χ0) is 16.4. The van der Waals surface area contributed by atoms with Gasteiger partial charge in [-0.05, 0) is 13.8 Å². The van der Waals surface area contributed by atoms with Crippen LogP contribution in [0.5, 0.6) is 0 Å². The smallest absolute Gasteiger partial charge is 0.349 e. The molecule has 0 aliphatic carbocycles. The molecule has 10 heteroatoms. The minimum atomic E-state index is -6.19. The van der Waals surface area contributed by atoms with Crippen molar-refractivity contribution in [3.8, 4) is 0 Å². The molecule has 0 aliphatic heterocycles. The Morgan fingerprint density at radius 3 is 1.50 bits per heavy atom. The number of nitrogens with zero attached hydrogens (tertiary/aromatic N) is 1. The van der Waals surface area contributed by atoms with Crippen LogP contribution in [0.2, 0.25) is 0 Å². The molecule has 0 heterocycles. The molecular formula is C10H12F9N. The molecule has 0 aromatic heterocycles. The minimum Gasteiger partial charge on any atom is -0.349 e. The van der Waals surface area contributed by atoms with Crippen LogP contribution in [0.4, 0.5) is 39.5 Å². The lowest BCUT2D eigenvalue weighted by atomic mass is 10.1. The molecule has 0 aliphatic rings. The summed E-state index contributed by atoms with van der Waals surface area (Å²) in [6.07, 6.45) is -14.6. The molecule has 0 bridgehead atoms. The van der Waals surface area contributed by atoms with Crippen LogP contribution in [-0.4, -0.2) is 36.3 Å². The fraction of sp³-hybridized carbons (Fsp3) is 0.800. The molecule has 0 unspecified atom stereocenters. The highest BCUT2D eigenvalue weighted by molar-refractivity contribution is 5.16. The Kier molecular flexibility index (Phi) is 5.79. The summed E-state index contributed by atoms with van der Waals surface area (Å²) in [4.78, 5) is 0.412. The Balaban J connectivity index is 5.69. The lowest BCUT2D eigenvalue weighted by molar-refractivity contribution is -0.284. The van der Waals surface area contributed by atoms with E-state index in [2.05, 4.69) is 0 Å². The second-order valence-electron chi connectivity index (χ2n) is 3.82. The second kappa shape index (κ2) is 6.13. The van der Waals surface area contributed by atoms with Crippen LogP contribution in [0, 0.1) is 0 Å². The standard InChI is InChI=1S/C10H12F9N/c1-3-20(4-2)7(11)6(9(14,15)16)5-8(12,13)10(17,18)19/h3-5H2,1-2H3/b7-6-. The molecule has 120 valence electrons. The van der Waals surface area contributed by atoms with E-state index in [0.717, 1.165) is 0 Å². The first kappa shape index (κ1) is 18.9. The number of hydrogen-bond donors (Lipinski definition) is 0. The van der Waals surface area contributed by atoms with E-state index in [-0.39, 0.29) is 13.1 Å². The van der Waals surface area contributed by atoms with Crippen LogP contribution in [-0.2, 0) is 0 Å². The maximum atomic E-state index is 13.5. The highest BCUT2D eigenvalue weighted by Gasteiger charge is 2.60. The van der Waals surface area contributed by atoms with E-state index < -0.39 is 36.2 Å². The molecule has 20 heavy (non-hydrogen) atoms. The number of alkyl halides is 8. The van der Waals surface area contributed by atoms with Gasteiger partial charge in [0, 0.05) is 13.1 Å². The zero-order valence-electron chi connectivity index (χ0n) is 10.5. The van der Waals surface area contributed by atoms with Crippen molar-refractivity contribution in [1.29, 1.82) is 0 Å². The number of halogens is 9. The van der Waals surface area contributed by atoms with Gasteiger partial charge in [0.2, 0.25) is 0 Å². The van der Waals surface area contributed by atoms with E-state index in [1.165, 1.54) is 13.8 Å². The fourth-order valence-corrected chi connectivity index (χ4v) is 1.30. The summed E-state index contributed by atoms with van der Waals surface area (Å²) in [6.45, 7) is 1.86. The Hall–Kier alpha value is -1.09. The molecule has 0 aromatic carbocycles. The van der Waals surface area contributed by atoms with E-state index in [4.69, 9.17) is 0 Å². The van der Waals surface area contributed by atoms with Gasteiger partial charge in [0.25, 0.3) is 0 Å². The molecule has 0 fully saturated rings. The molecule has 0 rings (SSSR count). The molecule has 0 aromatic rings. The third-order valence-electron chi connectivity index (χ3n) is 2.45. The van der Waals surface area contributed by atoms with Crippen molar-refractivity contribution in [3.63, 3.8) is 0 Å². The van der Waals surface area contributed by atoms with Gasteiger partial charge in [0.1, 0.15) is 0 Å². The van der Waals surface area contributed by atoms with Gasteiger partial charge in [-0.1, -0.05) is 0 Å². The van der Waals surface area contributed by atoms with E-state index in [9.17, 15) is 39.5 Å². The van der Waals surface area contributed by atoms with Gasteiger partial charge in [-0.2, -0.15) is 39.5 Å². The molecule has 0 saturated heterocycles. The number of allylic oxidation sites excluding steroid dienone is 1. The normalized spacial score (nSPS) is 15.2. The van der Waals surface area contributed by atoms with Crippen molar-refractivity contribution >= 4 is 0 Å². The monoisotopic (exact) mass is 317 g/mol. The van der Waals surface area contributed by atoms with Gasteiger partial charge < -0.3 is 4.90 Å². The molecule has 0 N–H and O–H groups in total. The first-order valence-corrected chi connectivity index (χ1v) is 5.43. The maximum Gasteiger partial charge on any atom is 0.453 e. The molecule has 0 atom stereocenters. The second-order valence-corrected chi connectivity index (χ2v) is 3.82. The van der Waals surface area contributed by atoms with E-state index in [1.807, 2.05) is 0 Å². The molecular weight excluding hydrogens is 305 g/mol. The van der Waals surface area contributed by atoms with Crippen LogP contribution < -0.4 is 0 Å². The first-order chi connectivity index (χ1) is 8.78. The summed E-state index contributed by atoms with van der Waals surface area (Å²) >= 11 is 0.